The van der Waals surface area contributed by atoms with Crippen LogP contribution in [0.3, 0.4) is 0 Å². The molecule has 0 saturated carbocycles. The van der Waals surface area contributed by atoms with Crippen LogP contribution in [0.25, 0.3) is 11.4 Å². The van der Waals surface area contributed by atoms with Gasteiger partial charge in [0.05, 0.1) is 36.9 Å². The van der Waals surface area contributed by atoms with Gasteiger partial charge in [0.1, 0.15) is 24.3 Å². The van der Waals surface area contributed by atoms with E-state index < -0.39 is 18.2 Å². The summed E-state index contributed by atoms with van der Waals surface area (Å²) in [5.41, 5.74) is 8.15. The lowest BCUT2D eigenvalue weighted by Gasteiger charge is -2.43. The normalized spacial score (nSPS) is 20.8. The molecule has 3 fully saturated rings. The zero-order chi connectivity index (χ0) is 32.0. The molecule has 3 saturated heterocycles. The summed E-state index contributed by atoms with van der Waals surface area (Å²) in [6, 6.07) is 15.7. The van der Waals surface area contributed by atoms with Gasteiger partial charge in [0.25, 0.3) is 5.91 Å². The van der Waals surface area contributed by atoms with Crippen LogP contribution in [0.4, 0.5) is 21.7 Å². The Labute approximate surface area is 266 Å². The zero-order valence-corrected chi connectivity index (χ0v) is 25.2. The number of amides is 1. The maximum atomic E-state index is 15.0. The minimum absolute atomic E-state index is 0.0105. The SMILES string of the molecule is N#Cc1cc(-c2ncnc(Nc3ccc(N4CCN(C5COC5)CC4)cc3)n2)ccc1O[C@H]1CCN(C(=O)/C(C=N)=C/N)C[C@H]1F. The molecule has 3 aliphatic rings. The summed E-state index contributed by atoms with van der Waals surface area (Å²) >= 11 is 0. The number of hydrogen-bond acceptors (Lipinski definition) is 12. The number of hydrogen-bond donors (Lipinski definition) is 3. The molecule has 13 nitrogen and oxygen atoms in total. The lowest BCUT2D eigenvalue weighted by molar-refractivity contribution is -0.130. The van der Waals surface area contributed by atoms with Crippen LogP contribution in [-0.4, -0.2) is 108 Å². The number of halogens is 1. The number of nitrogens with two attached hydrogens (primary N) is 1. The monoisotopic (exact) mass is 626 g/mol. The molecule has 3 aromatic rings. The Morgan fingerprint density at radius 1 is 1.13 bits per heavy atom. The molecule has 46 heavy (non-hydrogen) atoms. The third-order valence-corrected chi connectivity index (χ3v) is 8.50. The molecule has 4 heterocycles. The number of ether oxygens (including phenoxy) is 2. The number of carbonyl (C=O) groups excluding carboxylic acids is 1. The van der Waals surface area contributed by atoms with E-state index in [-0.39, 0.29) is 36.4 Å². The Morgan fingerprint density at radius 3 is 2.57 bits per heavy atom. The van der Waals surface area contributed by atoms with E-state index in [0.717, 1.165) is 63.2 Å². The second kappa shape index (κ2) is 13.9. The molecule has 1 amide bonds. The molecule has 0 spiro atoms. The van der Waals surface area contributed by atoms with Crippen LogP contribution in [0.5, 0.6) is 5.75 Å². The highest BCUT2D eigenvalue weighted by Crippen LogP contribution is 2.29. The van der Waals surface area contributed by atoms with E-state index in [0.29, 0.717) is 23.4 Å². The third-order valence-electron chi connectivity index (χ3n) is 8.50. The molecular formula is C32H35FN10O3. The average Bonchev–Trinajstić information content (AvgIpc) is 3.06. The van der Waals surface area contributed by atoms with Crippen LogP contribution in [0.15, 0.2) is 60.6 Å². The molecular weight excluding hydrogens is 591 g/mol. The number of rotatable bonds is 9. The highest BCUT2D eigenvalue weighted by atomic mass is 19.1. The minimum atomic E-state index is -1.49. The van der Waals surface area contributed by atoms with Gasteiger partial charge >= 0.3 is 0 Å². The lowest BCUT2D eigenvalue weighted by Crippen LogP contribution is -2.56. The summed E-state index contributed by atoms with van der Waals surface area (Å²) < 4.78 is 26.3. The molecule has 14 heteroatoms. The van der Waals surface area contributed by atoms with Crippen molar-refractivity contribution in [2.24, 2.45) is 5.73 Å². The van der Waals surface area contributed by atoms with Crippen molar-refractivity contribution in [1.29, 1.82) is 10.7 Å². The van der Waals surface area contributed by atoms with Gasteiger partial charge in [-0.3, -0.25) is 9.69 Å². The van der Waals surface area contributed by atoms with Crippen molar-refractivity contribution >= 4 is 29.4 Å². The molecule has 6 rings (SSSR count). The highest BCUT2D eigenvalue weighted by molar-refractivity contribution is 6.11. The third kappa shape index (κ3) is 6.75. The second-order valence-electron chi connectivity index (χ2n) is 11.3. The van der Waals surface area contributed by atoms with Gasteiger partial charge in [0, 0.05) is 68.5 Å². The van der Waals surface area contributed by atoms with Gasteiger partial charge in [-0.1, -0.05) is 0 Å². The largest absolute Gasteiger partial charge is 0.486 e. The van der Waals surface area contributed by atoms with Gasteiger partial charge in [-0.25, -0.2) is 14.4 Å². The van der Waals surface area contributed by atoms with Crippen molar-refractivity contribution in [3.8, 4) is 23.2 Å². The molecule has 0 unspecified atom stereocenters. The quantitative estimate of drug-likeness (QED) is 0.236. The summed E-state index contributed by atoms with van der Waals surface area (Å²) in [5.74, 6) is 0.433. The van der Waals surface area contributed by atoms with E-state index in [2.05, 4.69) is 48.3 Å². The predicted octanol–water partition coefficient (Wildman–Crippen LogP) is 2.48. The second-order valence-corrected chi connectivity index (χ2v) is 11.3. The number of nitriles is 1. The van der Waals surface area contributed by atoms with Crippen LogP contribution in [-0.2, 0) is 9.53 Å². The van der Waals surface area contributed by atoms with E-state index >= 15 is 4.39 Å². The Balaban J connectivity index is 1.07. The number of nitrogens with zero attached hydrogens (tertiary/aromatic N) is 7. The van der Waals surface area contributed by atoms with Crippen LogP contribution in [0, 0.1) is 16.7 Å². The number of alkyl halides is 1. The van der Waals surface area contributed by atoms with Crippen molar-refractivity contribution in [2.45, 2.75) is 24.7 Å². The van der Waals surface area contributed by atoms with Crippen molar-refractivity contribution < 1.29 is 18.7 Å². The standard InChI is InChI=1S/C32H35FN10O3/c33-27-17-43(31(44)23(15-35)16-36)8-7-29(27)46-28-6-1-21(13-22(28)14-34)30-37-20-38-32(40-30)39-24-2-4-25(5-3-24)41-9-11-42(12-10-41)26-18-45-19-26/h1-6,13,15-16,20,26-27,29,35H,7-12,17-19,36H2,(H,37,38,39,40)/b23-16+,35-15?/t27-,29+/m1/s1. The van der Waals surface area contributed by atoms with Crippen molar-refractivity contribution in [3.05, 3.63) is 66.1 Å². The molecule has 2 aromatic carbocycles. The first-order valence-corrected chi connectivity index (χ1v) is 15.2. The van der Waals surface area contributed by atoms with E-state index in [1.54, 1.807) is 18.2 Å². The molecule has 2 atom stereocenters. The minimum Gasteiger partial charge on any atom is -0.486 e. The van der Waals surface area contributed by atoms with E-state index in [1.807, 2.05) is 12.1 Å². The maximum Gasteiger partial charge on any atom is 0.256 e. The van der Waals surface area contributed by atoms with Gasteiger partial charge in [-0.15, -0.1) is 0 Å². The molecule has 4 N–H and O–H groups in total. The molecule has 0 bridgehead atoms. The van der Waals surface area contributed by atoms with Gasteiger partial charge in [-0.05, 0) is 42.5 Å². The van der Waals surface area contributed by atoms with Crippen molar-refractivity contribution in [2.75, 3.05) is 62.7 Å². The van der Waals surface area contributed by atoms with Gasteiger partial charge < -0.3 is 35.7 Å². The Hall–Kier alpha value is -5.13. The number of likely N-dealkylation sites (tertiary alicyclic amines) is 1. The fraction of sp³-hybridized carbons (Fsp3) is 0.375. The smallest absolute Gasteiger partial charge is 0.256 e. The van der Waals surface area contributed by atoms with Gasteiger partial charge in [0.15, 0.2) is 12.0 Å². The van der Waals surface area contributed by atoms with Gasteiger partial charge in [-0.2, -0.15) is 10.2 Å². The Bertz CT molecular complexity index is 1630. The zero-order valence-electron chi connectivity index (χ0n) is 25.2. The number of aromatic nitrogens is 3. The van der Waals surface area contributed by atoms with E-state index in [4.69, 9.17) is 20.6 Å². The first kappa shape index (κ1) is 30.9. The van der Waals surface area contributed by atoms with Crippen molar-refractivity contribution in [3.63, 3.8) is 0 Å². The van der Waals surface area contributed by atoms with Crippen molar-refractivity contribution in [1.82, 2.24) is 24.8 Å². The first-order valence-electron chi connectivity index (χ1n) is 15.2. The Kier molecular flexibility index (Phi) is 9.32. The summed E-state index contributed by atoms with van der Waals surface area (Å²) in [7, 11) is 0. The summed E-state index contributed by atoms with van der Waals surface area (Å²) in [5, 5.41) is 20.4. The predicted molar refractivity (Wildman–Crippen MR) is 170 cm³/mol. The number of benzene rings is 2. The lowest BCUT2D eigenvalue weighted by atomic mass is 10.0. The fourth-order valence-electron chi connectivity index (χ4n) is 5.75. The molecule has 3 aliphatic heterocycles. The van der Waals surface area contributed by atoms with E-state index in [9.17, 15) is 10.1 Å². The van der Waals surface area contributed by atoms with Crippen LogP contribution < -0.4 is 20.7 Å². The number of piperidine rings is 1. The van der Waals surface area contributed by atoms with Gasteiger partial charge in [0.2, 0.25) is 5.95 Å². The molecule has 0 radical (unpaired) electrons. The topological polar surface area (TPSA) is 170 Å². The number of anilines is 3. The summed E-state index contributed by atoms with van der Waals surface area (Å²) in [6.07, 6.45) is 1.15. The molecule has 1 aromatic heterocycles. The van der Waals surface area contributed by atoms with Crippen LogP contribution in [0.2, 0.25) is 0 Å². The van der Waals surface area contributed by atoms with E-state index in [1.165, 1.54) is 11.2 Å². The van der Waals surface area contributed by atoms with Crippen LogP contribution in [0.1, 0.15) is 12.0 Å². The highest BCUT2D eigenvalue weighted by Gasteiger charge is 2.34. The Morgan fingerprint density at radius 2 is 1.91 bits per heavy atom. The number of carbonyl (C=O) groups is 1. The maximum absolute atomic E-state index is 15.0. The molecule has 238 valence electrons. The average molecular weight is 627 g/mol. The fourth-order valence-corrected chi connectivity index (χ4v) is 5.75. The molecule has 0 aliphatic carbocycles. The number of nitrogens with one attached hydrogen (secondary N) is 2. The number of piperazine rings is 1. The van der Waals surface area contributed by atoms with Crippen LogP contribution >= 0.6 is 0 Å². The summed E-state index contributed by atoms with van der Waals surface area (Å²) in [4.78, 5) is 31.7. The first-order chi connectivity index (χ1) is 22.4. The summed E-state index contributed by atoms with van der Waals surface area (Å²) in [6.45, 7) is 5.72.